The van der Waals surface area contributed by atoms with E-state index in [1.165, 1.54) is 23.1 Å². The molecule has 0 atom stereocenters. The van der Waals surface area contributed by atoms with Gasteiger partial charge in [-0.15, -0.1) is 22.7 Å². The third-order valence-corrected chi connectivity index (χ3v) is 7.25. The molecule has 0 saturated carbocycles. The Morgan fingerprint density at radius 1 is 1.40 bits per heavy atom. The lowest BCUT2D eigenvalue weighted by atomic mass is 10.1. The Kier molecular flexibility index (Phi) is 6.57. The largest absolute Gasteiger partial charge is 0.462 e. The van der Waals surface area contributed by atoms with E-state index in [-0.39, 0.29) is 11.7 Å². The molecular weight excluding hydrogens is 396 g/mol. The molecule has 0 radical (unpaired) electrons. The molecule has 0 saturated heterocycles. The standard InChI is InChI=1S/C16H16N2O3S4/c1-2-21-15(20)13-10(11-4-3-6-22-11)8-24-14(13)18-12(19)9-25-16-17-5-7-23-16/h3-4,6,8H,2,5,7,9H2,1H3,(H,18,19). The van der Waals surface area contributed by atoms with E-state index in [1.807, 2.05) is 22.9 Å². The number of anilines is 1. The molecule has 25 heavy (non-hydrogen) atoms. The zero-order chi connectivity index (χ0) is 17.6. The first-order valence-corrected chi connectivity index (χ1v) is 11.3. The van der Waals surface area contributed by atoms with Crippen LogP contribution in [0.4, 0.5) is 5.00 Å². The third-order valence-electron chi connectivity index (χ3n) is 3.19. The predicted octanol–water partition coefficient (Wildman–Crippen LogP) is 4.43. The molecule has 132 valence electrons. The Labute approximate surface area is 162 Å². The quantitative estimate of drug-likeness (QED) is 0.711. The van der Waals surface area contributed by atoms with Crippen molar-refractivity contribution in [2.24, 2.45) is 4.99 Å². The first-order valence-electron chi connectivity index (χ1n) is 7.61. The van der Waals surface area contributed by atoms with Crippen molar-refractivity contribution < 1.29 is 14.3 Å². The van der Waals surface area contributed by atoms with E-state index in [0.717, 1.165) is 27.1 Å². The van der Waals surface area contributed by atoms with Gasteiger partial charge in [0, 0.05) is 21.6 Å². The van der Waals surface area contributed by atoms with Crippen molar-refractivity contribution in [1.29, 1.82) is 0 Å². The average Bonchev–Trinajstić information content (AvgIpc) is 3.34. The number of nitrogens with zero attached hydrogens (tertiary/aromatic N) is 1. The number of hydrogen-bond donors (Lipinski definition) is 1. The van der Waals surface area contributed by atoms with Gasteiger partial charge in [-0.25, -0.2) is 4.79 Å². The van der Waals surface area contributed by atoms with Gasteiger partial charge in [0.15, 0.2) is 0 Å². The average molecular weight is 413 g/mol. The second kappa shape index (κ2) is 8.88. The number of amides is 1. The molecule has 0 fully saturated rings. The van der Waals surface area contributed by atoms with Crippen LogP contribution in [-0.2, 0) is 9.53 Å². The number of thiophene rings is 2. The summed E-state index contributed by atoms with van der Waals surface area (Å²) >= 11 is 6.00. The van der Waals surface area contributed by atoms with Crippen LogP contribution in [0.25, 0.3) is 10.4 Å². The van der Waals surface area contributed by atoms with Crippen LogP contribution in [0.15, 0.2) is 27.9 Å². The molecule has 0 unspecified atom stereocenters. The fourth-order valence-corrected chi connectivity index (χ4v) is 5.76. The number of esters is 1. The molecule has 1 aliphatic rings. The molecule has 0 aromatic carbocycles. The first-order chi connectivity index (χ1) is 12.2. The topological polar surface area (TPSA) is 67.8 Å². The van der Waals surface area contributed by atoms with Crippen molar-refractivity contribution in [2.75, 3.05) is 30.0 Å². The number of rotatable bonds is 6. The SMILES string of the molecule is CCOC(=O)c1c(-c2cccs2)csc1NC(=O)CSC1=NCCS1. The maximum absolute atomic E-state index is 12.4. The molecule has 1 amide bonds. The highest BCUT2D eigenvalue weighted by Crippen LogP contribution is 2.38. The lowest BCUT2D eigenvalue weighted by Gasteiger charge is -2.08. The Bertz CT molecular complexity index is 783. The Morgan fingerprint density at radius 2 is 2.28 bits per heavy atom. The zero-order valence-corrected chi connectivity index (χ0v) is 16.7. The van der Waals surface area contributed by atoms with Gasteiger partial charge in [-0.05, 0) is 18.4 Å². The van der Waals surface area contributed by atoms with Gasteiger partial charge in [-0.1, -0.05) is 29.6 Å². The van der Waals surface area contributed by atoms with E-state index in [0.29, 0.717) is 17.2 Å². The van der Waals surface area contributed by atoms with Crippen LogP contribution in [0, 0.1) is 0 Å². The molecule has 1 aliphatic heterocycles. The van der Waals surface area contributed by atoms with Crippen LogP contribution < -0.4 is 5.32 Å². The first kappa shape index (κ1) is 18.5. The lowest BCUT2D eigenvalue weighted by molar-refractivity contribution is -0.113. The number of carbonyl (C=O) groups is 2. The highest BCUT2D eigenvalue weighted by atomic mass is 32.2. The number of ether oxygens (including phenoxy) is 1. The van der Waals surface area contributed by atoms with Crippen LogP contribution in [0.5, 0.6) is 0 Å². The normalized spacial score (nSPS) is 13.6. The van der Waals surface area contributed by atoms with Crippen LogP contribution in [-0.4, -0.2) is 40.9 Å². The summed E-state index contributed by atoms with van der Waals surface area (Å²) in [5, 5.41) is 7.23. The summed E-state index contributed by atoms with van der Waals surface area (Å²) in [4.78, 5) is 30.0. The lowest BCUT2D eigenvalue weighted by Crippen LogP contribution is -2.16. The van der Waals surface area contributed by atoms with E-state index in [1.54, 1.807) is 30.0 Å². The molecule has 0 aliphatic carbocycles. The number of hydrogen-bond acceptors (Lipinski definition) is 8. The summed E-state index contributed by atoms with van der Waals surface area (Å²) < 4.78 is 6.13. The minimum absolute atomic E-state index is 0.148. The number of nitrogens with one attached hydrogen (secondary N) is 1. The van der Waals surface area contributed by atoms with Gasteiger partial charge in [0.1, 0.15) is 14.9 Å². The van der Waals surface area contributed by atoms with E-state index in [4.69, 9.17) is 4.74 Å². The minimum atomic E-state index is -0.411. The molecule has 9 heteroatoms. The summed E-state index contributed by atoms with van der Waals surface area (Å²) in [5.74, 6) is 0.697. The summed E-state index contributed by atoms with van der Waals surface area (Å²) in [6, 6.07) is 3.88. The number of thioether (sulfide) groups is 2. The fraction of sp³-hybridized carbons (Fsp3) is 0.312. The zero-order valence-electron chi connectivity index (χ0n) is 13.4. The van der Waals surface area contributed by atoms with E-state index >= 15 is 0 Å². The van der Waals surface area contributed by atoms with Crippen molar-refractivity contribution in [1.82, 2.24) is 0 Å². The van der Waals surface area contributed by atoms with Gasteiger partial charge < -0.3 is 10.1 Å². The van der Waals surface area contributed by atoms with Gasteiger partial charge in [0.25, 0.3) is 0 Å². The molecule has 0 bridgehead atoms. The van der Waals surface area contributed by atoms with Gasteiger partial charge in [0.2, 0.25) is 5.91 Å². The second-order valence-electron chi connectivity index (χ2n) is 4.88. The van der Waals surface area contributed by atoms with Crippen LogP contribution in [0.3, 0.4) is 0 Å². The van der Waals surface area contributed by atoms with Gasteiger partial charge in [-0.2, -0.15) is 0 Å². The molecule has 2 aromatic rings. The maximum atomic E-state index is 12.4. The van der Waals surface area contributed by atoms with Crippen molar-refractivity contribution in [2.45, 2.75) is 6.92 Å². The second-order valence-corrected chi connectivity index (χ2v) is 9.02. The van der Waals surface area contributed by atoms with Crippen molar-refractivity contribution in [3.8, 4) is 10.4 Å². The summed E-state index contributed by atoms with van der Waals surface area (Å²) in [6.07, 6.45) is 0. The van der Waals surface area contributed by atoms with E-state index in [9.17, 15) is 9.59 Å². The van der Waals surface area contributed by atoms with E-state index in [2.05, 4.69) is 10.3 Å². The summed E-state index contributed by atoms with van der Waals surface area (Å²) in [5.41, 5.74) is 1.23. The van der Waals surface area contributed by atoms with Crippen LogP contribution in [0.2, 0.25) is 0 Å². The third kappa shape index (κ3) is 4.66. The van der Waals surface area contributed by atoms with Crippen molar-refractivity contribution in [3.05, 3.63) is 28.5 Å². The molecule has 5 nitrogen and oxygen atoms in total. The summed E-state index contributed by atoms with van der Waals surface area (Å²) in [7, 11) is 0. The highest BCUT2D eigenvalue weighted by molar-refractivity contribution is 8.39. The molecule has 1 N–H and O–H groups in total. The van der Waals surface area contributed by atoms with Crippen LogP contribution >= 0.6 is 46.2 Å². The fourth-order valence-electron chi connectivity index (χ4n) is 2.16. The van der Waals surface area contributed by atoms with E-state index < -0.39 is 5.97 Å². The van der Waals surface area contributed by atoms with Crippen molar-refractivity contribution in [3.63, 3.8) is 0 Å². The van der Waals surface area contributed by atoms with Crippen molar-refractivity contribution >= 4 is 67.5 Å². The number of aliphatic imine (C=N–C) groups is 1. The smallest absolute Gasteiger partial charge is 0.341 e. The maximum Gasteiger partial charge on any atom is 0.341 e. The van der Waals surface area contributed by atoms with Gasteiger partial charge in [0.05, 0.1) is 18.9 Å². The Balaban J connectivity index is 1.75. The molecule has 2 aromatic heterocycles. The highest BCUT2D eigenvalue weighted by Gasteiger charge is 2.23. The van der Waals surface area contributed by atoms with Gasteiger partial charge in [-0.3, -0.25) is 9.79 Å². The molecular formula is C16H16N2O3S4. The molecule has 0 spiro atoms. The van der Waals surface area contributed by atoms with Crippen LogP contribution in [0.1, 0.15) is 17.3 Å². The Hall–Kier alpha value is -1.29. The molecule has 3 heterocycles. The number of carbonyl (C=O) groups excluding carboxylic acids is 2. The predicted molar refractivity (Wildman–Crippen MR) is 109 cm³/mol. The minimum Gasteiger partial charge on any atom is -0.462 e. The molecule has 3 rings (SSSR count). The Morgan fingerprint density at radius 3 is 2.96 bits per heavy atom. The summed E-state index contributed by atoms with van der Waals surface area (Å²) in [6.45, 7) is 2.87. The monoisotopic (exact) mass is 412 g/mol. The van der Waals surface area contributed by atoms with Gasteiger partial charge >= 0.3 is 5.97 Å².